The van der Waals surface area contributed by atoms with Gasteiger partial charge in [-0.2, -0.15) is 4.98 Å². The van der Waals surface area contributed by atoms with Crippen LogP contribution in [0, 0.1) is 0 Å². The van der Waals surface area contributed by atoms with E-state index in [1.54, 1.807) is 18.7 Å². The van der Waals surface area contributed by atoms with Crippen LogP contribution < -0.4 is 14.8 Å². The minimum atomic E-state index is 0.565. The van der Waals surface area contributed by atoms with Gasteiger partial charge in [-0.1, -0.05) is 12.1 Å². The summed E-state index contributed by atoms with van der Waals surface area (Å²) >= 11 is 3.51. The second-order valence-corrected chi connectivity index (χ2v) is 5.97. The molecule has 0 atom stereocenters. The van der Waals surface area contributed by atoms with Gasteiger partial charge in [0.15, 0.2) is 11.5 Å². The van der Waals surface area contributed by atoms with Crippen LogP contribution >= 0.6 is 15.9 Å². The van der Waals surface area contributed by atoms with E-state index in [2.05, 4.69) is 36.3 Å². The van der Waals surface area contributed by atoms with E-state index >= 15 is 0 Å². The Hall–Kier alpha value is -2.74. The number of para-hydroxylation sites is 1. The fourth-order valence-electron chi connectivity index (χ4n) is 2.55. The summed E-state index contributed by atoms with van der Waals surface area (Å²) in [5.74, 6) is 2.44. The number of ether oxygens (including phenoxy) is 2. The average molecular weight is 388 g/mol. The second kappa shape index (κ2) is 5.72. The maximum absolute atomic E-state index is 5.36. The van der Waals surface area contributed by atoms with Gasteiger partial charge in [0.2, 0.25) is 5.95 Å². The second-order valence-electron chi connectivity index (χ2n) is 5.12. The number of nitrogens with one attached hydrogen (secondary N) is 2. The lowest BCUT2D eigenvalue weighted by Crippen LogP contribution is -1.95. The number of hydrogen-bond acceptors (Lipinski definition) is 5. The lowest BCUT2D eigenvalue weighted by atomic mass is 10.3. The molecule has 0 saturated carbocycles. The number of anilines is 2. The maximum Gasteiger partial charge on any atom is 0.253 e. The zero-order valence-corrected chi connectivity index (χ0v) is 14.6. The Morgan fingerprint density at radius 3 is 2.58 bits per heavy atom. The lowest BCUT2D eigenvalue weighted by molar-refractivity contribution is 0.355. The third kappa shape index (κ3) is 2.35. The molecule has 0 fully saturated rings. The van der Waals surface area contributed by atoms with Gasteiger partial charge >= 0.3 is 0 Å². The summed E-state index contributed by atoms with van der Waals surface area (Å²) in [6, 6.07) is 11.5. The molecule has 4 rings (SSSR count). The Bertz CT molecular complexity index is 1040. The number of halogens is 1. The molecule has 8 heteroatoms. The quantitative estimate of drug-likeness (QED) is 0.557. The van der Waals surface area contributed by atoms with Crippen LogP contribution in [0.5, 0.6) is 11.5 Å². The lowest BCUT2D eigenvalue weighted by Gasteiger charge is -2.07. The molecule has 0 aliphatic heterocycles. The van der Waals surface area contributed by atoms with Gasteiger partial charge in [0, 0.05) is 16.6 Å². The van der Waals surface area contributed by atoms with Gasteiger partial charge in [0.05, 0.1) is 30.9 Å². The van der Waals surface area contributed by atoms with Crippen molar-refractivity contribution < 1.29 is 9.47 Å². The fraction of sp³-hybridized carbons (Fsp3) is 0.125. The number of aromatic amines is 1. The van der Waals surface area contributed by atoms with Crippen molar-refractivity contribution in [2.75, 3.05) is 19.5 Å². The first-order valence-corrected chi connectivity index (χ1v) is 8.00. The van der Waals surface area contributed by atoms with Gasteiger partial charge in [-0.05, 0) is 28.1 Å². The zero-order chi connectivity index (χ0) is 16.7. The van der Waals surface area contributed by atoms with Crippen molar-refractivity contribution in [2.24, 2.45) is 0 Å². The van der Waals surface area contributed by atoms with Crippen LogP contribution in [0.3, 0.4) is 0 Å². The van der Waals surface area contributed by atoms with Crippen molar-refractivity contribution in [3.63, 3.8) is 0 Å². The molecule has 0 spiro atoms. The van der Waals surface area contributed by atoms with Crippen molar-refractivity contribution in [3.8, 4) is 11.5 Å². The number of fused-ring (bicyclic) bond motifs is 3. The van der Waals surface area contributed by atoms with Crippen LogP contribution in [0.4, 0.5) is 11.6 Å². The van der Waals surface area contributed by atoms with Crippen LogP contribution in [0.1, 0.15) is 0 Å². The van der Waals surface area contributed by atoms with Gasteiger partial charge < -0.3 is 14.8 Å². The van der Waals surface area contributed by atoms with E-state index in [-0.39, 0.29) is 0 Å². The number of nitrogens with zero attached hydrogens (tertiary/aromatic N) is 3. The summed E-state index contributed by atoms with van der Waals surface area (Å²) in [5.41, 5.74) is 2.55. The molecule has 2 heterocycles. The van der Waals surface area contributed by atoms with Gasteiger partial charge in [-0.25, -0.2) is 9.50 Å². The highest BCUT2D eigenvalue weighted by Crippen LogP contribution is 2.32. The average Bonchev–Trinajstić information content (AvgIpc) is 3.12. The normalized spacial score (nSPS) is 11.1. The van der Waals surface area contributed by atoms with Crippen LogP contribution in [0.25, 0.3) is 16.8 Å². The summed E-state index contributed by atoms with van der Waals surface area (Å²) < 4.78 is 13.4. The van der Waals surface area contributed by atoms with Crippen LogP contribution in [-0.4, -0.2) is 33.8 Å². The predicted octanol–water partition coefficient (Wildman–Crippen LogP) is 3.73. The number of rotatable bonds is 4. The highest BCUT2D eigenvalue weighted by atomic mass is 79.9. The molecule has 0 saturated heterocycles. The molecule has 4 aromatic rings. The Labute approximate surface area is 145 Å². The topological polar surface area (TPSA) is 76.5 Å². The highest BCUT2D eigenvalue weighted by Gasteiger charge is 2.14. The standard InChI is InChI=1S/C16H14BrN5O2/c1-23-13-7-11-12(8-14(13)24-2)22-16(19-11)20-15(21-22)18-10-6-4-3-5-9(10)17/h3-8H,1-2H3,(H2,18,19,20,21). The molecule has 0 aliphatic rings. The molecule has 0 unspecified atom stereocenters. The number of benzene rings is 2. The fourth-order valence-corrected chi connectivity index (χ4v) is 2.94. The summed E-state index contributed by atoms with van der Waals surface area (Å²) in [6.45, 7) is 0. The minimum absolute atomic E-state index is 0.565. The van der Waals surface area contributed by atoms with Gasteiger partial charge in [0.25, 0.3) is 5.78 Å². The van der Waals surface area contributed by atoms with E-state index in [1.165, 1.54) is 0 Å². The molecule has 0 radical (unpaired) electrons. The first kappa shape index (κ1) is 14.8. The van der Waals surface area contributed by atoms with Crippen molar-refractivity contribution >= 4 is 44.4 Å². The maximum atomic E-state index is 5.36. The monoisotopic (exact) mass is 387 g/mol. The van der Waals surface area contributed by atoms with E-state index in [9.17, 15) is 0 Å². The smallest absolute Gasteiger partial charge is 0.253 e. The highest BCUT2D eigenvalue weighted by molar-refractivity contribution is 9.10. The Morgan fingerprint density at radius 2 is 1.83 bits per heavy atom. The summed E-state index contributed by atoms with van der Waals surface area (Å²) in [5, 5.41) is 6.43. The summed E-state index contributed by atoms with van der Waals surface area (Å²) in [6.07, 6.45) is 0. The Morgan fingerprint density at radius 1 is 1.08 bits per heavy atom. The SMILES string of the molecule is COc1cc2nc3nc(Nc4ccccc4Br)[nH]n3c2cc1OC. The first-order valence-electron chi connectivity index (χ1n) is 7.21. The number of imidazole rings is 1. The molecule has 2 aromatic carbocycles. The van der Waals surface area contributed by atoms with Crippen molar-refractivity contribution in [1.29, 1.82) is 0 Å². The van der Waals surface area contributed by atoms with E-state index < -0.39 is 0 Å². The molecule has 24 heavy (non-hydrogen) atoms. The molecule has 2 N–H and O–H groups in total. The van der Waals surface area contributed by atoms with E-state index in [0.29, 0.717) is 23.2 Å². The predicted molar refractivity (Wildman–Crippen MR) is 95.4 cm³/mol. The molecule has 0 amide bonds. The molecule has 0 aliphatic carbocycles. The van der Waals surface area contributed by atoms with Gasteiger partial charge in [-0.15, -0.1) is 0 Å². The molecular formula is C16H14BrN5O2. The number of H-pyrrole nitrogens is 1. The van der Waals surface area contributed by atoms with Crippen LogP contribution in [-0.2, 0) is 0 Å². The minimum Gasteiger partial charge on any atom is -0.493 e. The van der Waals surface area contributed by atoms with Gasteiger partial charge in [-0.3, -0.25) is 5.10 Å². The third-order valence-electron chi connectivity index (χ3n) is 3.70. The largest absolute Gasteiger partial charge is 0.493 e. The molecular weight excluding hydrogens is 374 g/mol. The molecule has 2 aromatic heterocycles. The Kier molecular flexibility index (Phi) is 3.53. The van der Waals surface area contributed by atoms with E-state index in [4.69, 9.17) is 9.47 Å². The van der Waals surface area contributed by atoms with Gasteiger partial charge in [0.1, 0.15) is 0 Å². The zero-order valence-electron chi connectivity index (χ0n) is 13.0. The van der Waals surface area contributed by atoms with Crippen LogP contribution in [0.2, 0.25) is 0 Å². The van der Waals surface area contributed by atoms with Crippen molar-refractivity contribution in [1.82, 2.24) is 19.6 Å². The summed E-state index contributed by atoms with van der Waals surface area (Å²) in [4.78, 5) is 9.00. The third-order valence-corrected chi connectivity index (χ3v) is 4.39. The molecule has 7 nitrogen and oxygen atoms in total. The van der Waals surface area contributed by atoms with Crippen molar-refractivity contribution in [2.45, 2.75) is 0 Å². The van der Waals surface area contributed by atoms with E-state index in [0.717, 1.165) is 21.2 Å². The number of methoxy groups -OCH3 is 2. The van der Waals surface area contributed by atoms with Crippen LogP contribution in [0.15, 0.2) is 40.9 Å². The Balaban J connectivity index is 1.80. The number of aromatic nitrogens is 4. The summed E-state index contributed by atoms with van der Waals surface area (Å²) in [7, 11) is 3.21. The van der Waals surface area contributed by atoms with Crippen molar-refractivity contribution in [3.05, 3.63) is 40.9 Å². The molecule has 122 valence electrons. The first-order chi connectivity index (χ1) is 11.7. The van der Waals surface area contributed by atoms with E-state index in [1.807, 2.05) is 36.4 Å². The molecule has 0 bridgehead atoms. The number of hydrogen-bond donors (Lipinski definition) is 2.